The van der Waals surface area contributed by atoms with Crippen LogP contribution in [-0.4, -0.2) is 11.7 Å². The molecule has 3 nitrogen and oxygen atoms in total. The first kappa shape index (κ1) is 15.4. The molecule has 3 heteroatoms. The molecule has 0 unspecified atom stereocenters. The van der Waals surface area contributed by atoms with Crippen LogP contribution in [0.2, 0.25) is 0 Å². The van der Waals surface area contributed by atoms with E-state index in [1.807, 2.05) is 6.92 Å². The molecule has 0 fully saturated rings. The highest BCUT2D eigenvalue weighted by Gasteiger charge is 2.19. The first-order valence-electron chi connectivity index (χ1n) is 6.95. The highest BCUT2D eigenvalue weighted by Crippen LogP contribution is 2.21. The summed E-state index contributed by atoms with van der Waals surface area (Å²) in [6, 6.07) is 5.23. The molecule has 1 rings (SSSR count). The Kier molecular flexibility index (Phi) is 5.74. The van der Waals surface area contributed by atoms with Crippen molar-refractivity contribution in [2.45, 2.75) is 46.5 Å². The number of amides is 1. The summed E-state index contributed by atoms with van der Waals surface area (Å²) in [5.74, 6) is -0.292. The summed E-state index contributed by atoms with van der Waals surface area (Å²) in [6.07, 6.45) is 3.77. The third kappa shape index (κ3) is 3.91. The van der Waals surface area contributed by atoms with Crippen molar-refractivity contribution in [3.63, 3.8) is 0 Å². The van der Waals surface area contributed by atoms with E-state index < -0.39 is 5.91 Å². The predicted octanol–water partition coefficient (Wildman–Crippen LogP) is 3.49. The normalized spacial score (nSPS) is 10.7. The Labute approximate surface area is 115 Å². The molecule has 0 saturated carbocycles. The second kappa shape index (κ2) is 7.07. The van der Waals surface area contributed by atoms with Gasteiger partial charge in [-0.15, -0.1) is 0 Å². The Hall–Kier alpha value is -1.64. The zero-order valence-corrected chi connectivity index (χ0v) is 12.0. The highest BCUT2D eigenvalue weighted by molar-refractivity contribution is 6.01. The Balaban J connectivity index is 3.04. The van der Waals surface area contributed by atoms with Crippen molar-refractivity contribution in [2.75, 3.05) is 0 Å². The molecule has 1 aromatic carbocycles. The van der Waals surface area contributed by atoms with E-state index >= 15 is 0 Å². The van der Waals surface area contributed by atoms with Crippen LogP contribution in [0.5, 0.6) is 0 Å². The van der Waals surface area contributed by atoms with Crippen LogP contribution in [-0.2, 0) is 0 Å². The van der Waals surface area contributed by atoms with Crippen molar-refractivity contribution in [3.8, 4) is 0 Å². The van der Waals surface area contributed by atoms with E-state index in [1.165, 1.54) is 0 Å². The van der Waals surface area contributed by atoms with Crippen LogP contribution in [0.4, 0.5) is 0 Å². The van der Waals surface area contributed by atoms with E-state index in [9.17, 15) is 9.59 Å². The van der Waals surface area contributed by atoms with Gasteiger partial charge in [-0.3, -0.25) is 9.59 Å². The monoisotopic (exact) mass is 261 g/mol. The molecule has 0 atom stereocenters. The minimum Gasteiger partial charge on any atom is -0.366 e. The molecule has 0 heterocycles. The average Bonchev–Trinajstić information content (AvgIpc) is 2.38. The number of benzene rings is 1. The number of hydrogen-bond donors (Lipinski definition) is 1. The second-order valence-corrected chi connectivity index (χ2v) is 5.03. The van der Waals surface area contributed by atoms with Crippen molar-refractivity contribution in [2.24, 2.45) is 11.7 Å². The van der Waals surface area contributed by atoms with Gasteiger partial charge in [0.05, 0.1) is 0 Å². The van der Waals surface area contributed by atoms with Crippen LogP contribution < -0.4 is 5.73 Å². The molecule has 0 saturated heterocycles. The zero-order chi connectivity index (χ0) is 14.4. The summed E-state index contributed by atoms with van der Waals surface area (Å²) in [5, 5.41) is 0. The molecule has 0 aliphatic carbocycles. The minimum atomic E-state index is -0.477. The number of carbonyl (C=O) groups excluding carboxylic acids is 2. The maximum absolute atomic E-state index is 12.5. The minimum absolute atomic E-state index is 0.0541. The Morgan fingerprint density at radius 3 is 2.21 bits per heavy atom. The van der Waals surface area contributed by atoms with Gasteiger partial charge in [0, 0.05) is 17.0 Å². The number of carbonyl (C=O) groups is 2. The molecule has 104 valence electrons. The fourth-order valence-electron chi connectivity index (χ4n) is 2.38. The van der Waals surface area contributed by atoms with Gasteiger partial charge in [-0.25, -0.2) is 0 Å². The van der Waals surface area contributed by atoms with Gasteiger partial charge >= 0.3 is 0 Å². The molecular weight excluding hydrogens is 238 g/mol. The predicted molar refractivity (Wildman–Crippen MR) is 77.3 cm³/mol. The van der Waals surface area contributed by atoms with Crippen LogP contribution in [0.3, 0.4) is 0 Å². The topological polar surface area (TPSA) is 60.2 Å². The Bertz CT molecular complexity index is 460. The van der Waals surface area contributed by atoms with Crippen LogP contribution in [0.15, 0.2) is 18.2 Å². The fourth-order valence-corrected chi connectivity index (χ4v) is 2.38. The first-order chi connectivity index (χ1) is 9.01. The molecular formula is C16H23NO2. The zero-order valence-electron chi connectivity index (χ0n) is 12.0. The molecule has 2 N–H and O–H groups in total. The summed E-state index contributed by atoms with van der Waals surface area (Å²) >= 11 is 0. The number of rotatable bonds is 7. The smallest absolute Gasteiger partial charge is 0.248 e. The number of hydrogen-bond acceptors (Lipinski definition) is 2. The highest BCUT2D eigenvalue weighted by atomic mass is 16.1. The summed E-state index contributed by atoms with van der Waals surface area (Å²) in [4.78, 5) is 23.8. The third-order valence-corrected chi connectivity index (χ3v) is 3.43. The van der Waals surface area contributed by atoms with Gasteiger partial charge in [0.25, 0.3) is 0 Å². The molecule has 0 aromatic heterocycles. The summed E-state index contributed by atoms with van der Waals surface area (Å²) < 4.78 is 0. The SMILES string of the molecule is CCCC(CCC)C(=O)c1ccc(C)c(C(N)=O)c1. The van der Waals surface area contributed by atoms with Crippen LogP contribution >= 0.6 is 0 Å². The summed E-state index contributed by atoms with van der Waals surface area (Å²) in [7, 11) is 0. The van der Waals surface area contributed by atoms with Gasteiger partial charge in [-0.2, -0.15) is 0 Å². The Morgan fingerprint density at radius 1 is 1.16 bits per heavy atom. The van der Waals surface area contributed by atoms with E-state index in [4.69, 9.17) is 5.73 Å². The lowest BCUT2D eigenvalue weighted by atomic mass is 9.88. The largest absolute Gasteiger partial charge is 0.366 e. The van der Waals surface area contributed by atoms with E-state index in [-0.39, 0.29) is 11.7 Å². The van der Waals surface area contributed by atoms with E-state index in [0.717, 1.165) is 31.2 Å². The standard InChI is InChI=1S/C16H23NO2/c1-4-6-12(7-5-2)15(18)13-9-8-11(3)14(10-13)16(17)19/h8-10,12H,4-7H2,1-3H3,(H2,17,19). The fraction of sp³-hybridized carbons (Fsp3) is 0.500. The lowest BCUT2D eigenvalue weighted by Crippen LogP contribution is -2.17. The van der Waals surface area contributed by atoms with Gasteiger partial charge in [-0.1, -0.05) is 38.8 Å². The second-order valence-electron chi connectivity index (χ2n) is 5.03. The molecule has 1 aromatic rings. The van der Waals surface area contributed by atoms with Crippen molar-refractivity contribution in [1.29, 1.82) is 0 Å². The van der Waals surface area contributed by atoms with Gasteiger partial charge < -0.3 is 5.73 Å². The summed E-state index contributed by atoms with van der Waals surface area (Å²) in [6.45, 7) is 5.99. The number of nitrogens with two attached hydrogens (primary N) is 1. The maximum atomic E-state index is 12.5. The van der Waals surface area contributed by atoms with E-state index in [2.05, 4.69) is 13.8 Å². The van der Waals surface area contributed by atoms with Crippen molar-refractivity contribution in [1.82, 2.24) is 0 Å². The van der Waals surface area contributed by atoms with Gasteiger partial charge in [0.15, 0.2) is 5.78 Å². The van der Waals surface area contributed by atoms with Crippen molar-refractivity contribution >= 4 is 11.7 Å². The number of primary amides is 1. The van der Waals surface area contributed by atoms with Gasteiger partial charge in [-0.05, 0) is 31.4 Å². The molecule has 19 heavy (non-hydrogen) atoms. The van der Waals surface area contributed by atoms with Crippen LogP contribution in [0.1, 0.15) is 65.8 Å². The lowest BCUT2D eigenvalue weighted by Gasteiger charge is -2.15. The average molecular weight is 261 g/mol. The summed E-state index contributed by atoms with van der Waals surface area (Å²) in [5.41, 5.74) is 7.18. The van der Waals surface area contributed by atoms with Gasteiger partial charge in [0.2, 0.25) is 5.91 Å². The molecule has 0 bridgehead atoms. The molecule has 0 radical (unpaired) electrons. The number of ketones is 1. The van der Waals surface area contributed by atoms with Gasteiger partial charge in [0.1, 0.15) is 0 Å². The molecule has 0 aliphatic rings. The third-order valence-electron chi connectivity index (χ3n) is 3.43. The van der Waals surface area contributed by atoms with E-state index in [1.54, 1.807) is 18.2 Å². The van der Waals surface area contributed by atoms with Crippen molar-refractivity contribution < 1.29 is 9.59 Å². The Morgan fingerprint density at radius 2 is 1.74 bits per heavy atom. The first-order valence-corrected chi connectivity index (χ1v) is 6.95. The molecule has 0 spiro atoms. The maximum Gasteiger partial charge on any atom is 0.248 e. The lowest BCUT2D eigenvalue weighted by molar-refractivity contribution is 0.0905. The van der Waals surface area contributed by atoms with E-state index in [0.29, 0.717) is 11.1 Å². The van der Waals surface area contributed by atoms with Crippen LogP contribution in [0.25, 0.3) is 0 Å². The molecule has 0 aliphatic heterocycles. The van der Waals surface area contributed by atoms with Crippen LogP contribution in [0, 0.1) is 12.8 Å². The quantitative estimate of drug-likeness (QED) is 0.764. The van der Waals surface area contributed by atoms with Crippen molar-refractivity contribution in [3.05, 3.63) is 34.9 Å². The number of Topliss-reactive ketones (excluding diaryl/α,β-unsaturated/α-hetero) is 1. The number of aryl methyl sites for hydroxylation is 1. The molecule has 1 amide bonds.